The van der Waals surface area contributed by atoms with E-state index in [2.05, 4.69) is 25.1 Å². The Balaban J connectivity index is 1.34. The molecule has 1 fully saturated rings. The average molecular weight is 486 g/mol. The molecule has 0 unspecified atom stereocenters. The third-order valence-electron chi connectivity index (χ3n) is 5.95. The highest BCUT2D eigenvalue weighted by molar-refractivity contribution is 7.13. The fourth-order valence-corrected chi connectivity index (χ4v) is 4.75. The zero-order valence-corrected chi connectivity index (χ0v) is 20.4. The number of nitrogens with one attached hydrogen (secondary N) is 1. The van der Waals surface area contributed by atoms with Crippen LogP contribution in [0.2, 0.25) is 0 Å². The number of thiazole rings is 1. The van der Waals surface area contributed by atoms with E-state index in [1.807, 2.05) is 73.1 Å². The van der Waals surface area contributed by atoms with E-state index in [4.69, 9.17) is 4.74 Å². The van der Waals surface area contributed by atoms with Crippen LogP contribution < -0.4 is 10.2 Å². The van der Waals surface area contributed by atoms with Crippen LogP contribution in [0.4, 0.5) is 22.2 Å². The van der Waals surface area contributed by atoms with Crippen LogP contribution in [-0.4, -0.2) is 47.1 Å². The average Bonchev–Trinajstić information content (AvgIpc) is 3.42. The van der Waals surface area contributed by atoms with Gasteiger partial charge in [-0.15, -0.1) is 11.3 Å². The topological polar surface area (TPSA) is 70.6 Å². The molecule has 2 aromatic heterocycles. The maximum absolute atomic E-state index is 13.0. The SMILES string of the molecule is Cc1ccc(NC(=O)c2ccc(CN3CCOCC3)cc2)cc1N(c1cccnc1)c1nccs1. The number of aryl methyl sites for hydroxylation is 1. The lowest BCUT2D eigenvalue weighted by Crippen LogP contribution is -2.35. The molecule has 0 radical (unpaired) electrons. The van der Waals surface area contributed by atoms with Gasteiger partial charge in [-0.2, -0.15) is 0 Å². The maximum atomic E-state index is 13.0. The summed E-state index contributed by atoms with van der Waals surface area (Å²) in [5.41, 5.74) is 5.45. The molecule has 1 aliphatic heterocycles. The van der Waals surface area contributed by atoms with Crippen LogP contribution >= 0.6 is 11.3 Å². The monoisotopic (exact) mass is 485 g/mol. The van der Waals surface area contributed by atoms with Crippen LogP contribution in [0.3, 0.4) is 0 Å². The summed E-state index contributed by atoms with van der Waals surface area (Å²) < 4.78 is 5.42. The second-order valence-corrected chi connectivity index (χ2v) is 9.28. The lowest BCUT2D eigenvalue weighted by atomic mass is 10.1. The number of morpholine rings is 1. The van der Waals surface area contributed by atoms with Crippen LogP contribution in [0.5, 0.6) is 0 Å². The standard InChI is InChI=1S/C27H27N5O2S/c1-20-4-9-23(17-25(20)32(27-29-11-16-35-27)24-3-2-10-28-18-24)30-26(33)22-7-5-21(6-8-22)19-31-12-14-34-15-13-31/h2-11,16-18H,12-15,19H2,1H3,(H,30,33). The number of nitrogens with zero attached hydrogens (tertiary/aromatic N) is 4. The number of hydrogen-bond acceptors (Lipinski definition) is 7. The van der Waals surface area contributed by atoms with Crippen molar-refractivity contribution in [3.05, 3.63) is 95.3 Å². The molecule has 178 valence electrons. The molecule has 0 saturated carbocycles. The molecular weight excluding hydrogens is 458 g/mol. The van der Waals surface area contributed by atoms with E-state index < -0.39 is 0 Å². The van der Waals surface area contributed by atoms with Crippen LogP contribution in [0.25, 0.3) is 0 Å². The summed E-state index contributed by atoms with van der Waals surface area (Å²) >= 11 is 1.55. The summed E-state index contributed by atoms with van der Waals surface area (Å²) in [6.45, 7) is 6.35. The van der Waals surface area contributed by atoms with Gasteiger partial charge in [0.25, 0.3) is 5.91 Å². The zero-order valence-electron chi connectivity index (χ0n) is 19.6. The summed E-state index contributed by atoms with van der Waals surface area (Å²) in [5.74, 6) is -0.139. The number of ether oxygens (including phenoxy) is 1. The van der Waals surface area contributed by atoms with Gasteiger partial charge in [-0.1, -0.05) is 18.2 Å². The van der Waals surface area contributed by atoms with Crippen LogP contribution in [0.15, 0.2) is 78.6 Å². The van der Waals surface area contributed by atoms with E-state index in [1.165, 1.54) is 5.56 Å². The predicted octanol–water partition coefficient (Wildman–Crippen LogP) is 5.40. The van der Waals surface area contributed by atoms with Crippen molar-refractivity contribution < 1.29 is 9.53 Å². The number of hydrogen-bond donors (Lipinski definition) is 1. The van der Waals surface area contributed by atoms with E-state index in [9.17, 15) is 4.79 Å². The molecule has 3 heterocycles. The van der Waals surface area contributed by atoms with Gasteiger partial charge in [-0.05, 0) is 54.4 Å². The number of anilines is 4. The van der Waals surface area contributed by atoms with E-state index in [0.717, 1.165) is 60.6 Å². The van der Waals surface area contributed by atoms with Crippen molar-refractivity contribution in [2.75, 3.05) is 36.5 Å². The zero-order chi connectivity index (χ0) is 24.0. The third kappa shape index (κ3) is 5.57. The van der Waals surface area contributed by atoms with Crippen LogP contribution in [0, 0.1) is 6.92 Å². The van der Waals surface area contributed by atoms with Gasteiger partial charge in [0.2, 0.25) is 0 Å². The molecular formula is C27H27N5O2S. The molecule has 1 N–H and O–H groups in total. The minimum Gasteiger partial charge on any atom is -0.379 e. The molecule has 35 heavy (non-hydrogen) atoms. The first kappa shape index (κ1) is 23.2. The highest BCUT2D eigenvalue weighted by atomic mass is 32.1. The fourth-order valence-electron chi connectivity index (χ4n) is 4.08. The van der Waals surface area contributed by atoms with Crippen molar-refractivity contribution in [3.63, 3.8) is 0 Å². The molecule has 8 heteroatoms. The van der Waals surface area contributed by atoms with E-state index >= 15 is 0 Å². The first-order chi connectivity index (χ1) is 17.2. The second kappa shape index (κ2) is 10.8. The Labute approximate surface area is 209 Å². The van der Waals surface area contributed by atoms with Gasteiger partial charge in [0.1, 0.15) is 0 Å². The van der Waals surface area contributed by atoms with Gasteiger partial charge in [-0.25, -0.2) is 4.98 Å². The van der Waals surface area contributed by atoms with Gasteiger partial charge in [-0.3, -0.25) is 19.6 Å². The summed E-state index contributed by atoms with van der Waals surface area (Å²) in [7, 11) is 0. The Hall–Kier alpha value is -3.59. The van der Waals surface area contributed by atoms with Gasteiger partial charge in [0.15, 0.2) is 5.13 Å². The van der Waals surface area contributed by atoms with Gasteiger partial charge >= 0.3 is 0 Å². The molecule has 7 nitrogen and oxygen atoms in total. The minimum atomic E-state index is -0.139. The molecule has 4 aromatic rings. The van der Waals surface area contributed by atoms with Crippen LogP contribution in [-0.2, 0) is 11.3 Å². The lowest BCUT2D eigenvalue weighted by Gasteiger charge is -2.26. The third-order valence-corrected chi connectivity index (χ3v) is 6.71. The van der Waals surface area contributed by atoms with Crippen molar-refractivity contribution in [2.24, 2.45) is 0 Å². The van der Waals surface area contributed by atoms with Gasteiger partial charge in [0, 0.05) is 48.7 Å². The Bertz CT molecular complexity index is 1260. The smallest absolute Gasteiger partial charge is 0.255 e. The predicted molar refractivity (Wildman–Crippen MR) is 140 cm³/mol. The highest BCUT2D eigenvalue weighted by Gasteiger charge is 2.18. The molecule has 2 aromatic carbocycles. The number of aromatic nitrogens is 2. The number of amides is 1. The number of rotatable bonds is 7. The minimum absolute atomic E-state index is 0.139. The van der Waals surface area contributed by atoms with E-state index in [0.29, 0.717) is 5.56 Å². The number of carbonyl (C=O) groups is 1. The fraction of sp³-hybridized carbons (Fsp3) is 0.222. The van der Waals surface area contributed by atoms with Crippen molar-refractivity contribution in [1.29, 1.82) is 0 Å². The Morgan fingerprint density at radius 2 is 1.94 bits per heavy atom. The summed E-state index contributed by atoms with van der Waals surface area (Å²) in [4.78, 5) is 26.2. The lowest BCUT2D eigenvalue weighted by molar-refractivity contribution is 0.0342. The van der Waals surface area contributed by atoms with Crippen molar-refractivity contribution in [1.82, 2.24) is 14.9 Å². The Morgan fingerprint density at radius 1 is 1.11 bits per heavy atom. The molecule has 1 amide bonds. The molecule has 5 rings (SSSR count). The number of carbonyl (C=O) groups excluding carboxylic acids is 1. The van der Waals surface area contributed by atoms with Gasteiger partial charge in [0.05, 0.1) is 30.8 Å². The second-order valence-electron chi connectivity index (χ2n) is 8.40. The summed E-state index contributed by atoms with van der Waals surface area (Å²) in [6, 6.07) is 17.6. The molecule has 1 saturated heterocycles. The van der Waals surface area contributed by atoms with Crippen molar-refractivity contribution in [3.8, 4) is 0 Å². The quantitative estimate of drug-likeness (QED) is 0.378. The maximum Gasteiger partial charge on any atom is 0.255 e. The van der Waals surface area contributed by atoms with Crippen molar-refractivity contribution in [2.45, 2.75) is 13.5 Å². The first-order valence-electron chi connectivity index (χ1n) is 11.6. The molecule has 1 aliphatic rings. The number of pyridine rings is 1. The first-order valence-corrected chi connectivity index (χ1v) is 12.5. The highest BCUT2D eigenvalue weighted by Crippen LogP contribution is 2.38. The Kier molecular flexibility index (Phi) is 7.13. The van der Waals surface area contributed by atoms with Crippen molar-refractivity contribution >= 4 is 39.4 Å². The largest absolute Gasteiger partial charge is 0.379 e. The van der Waals surface area contributed by atoms with E-state index in [-0.39, 0.29) is 5.91 Å². The molecule has 0 bridgehead atoms. The van der Waals surface area contributed by atoms with Gasteiger partial charge < -0.3 is 10.1 Å². The van der Waals surface area contributed by atoms with Crippen LogP contribution in [0.1, 0.15) is 21.5 Å². The molecule has 0 spiro atoms. The normalized spacial score (nSPS) is 14.0. The Morgan fingerprint density at radius 3 is 2.66 bits per heavy atom. The van der Waals surface area contributed by atoms with E-state index in [1.54, 1.807) is 23.7 Å². The number of benzene rings is 2. The molecule has 0 aliphatic carbocycles. The molecule has 0 atom stereocenters. The summed E-state index contributed by atoms with van der Waals surface area (Å²) in [6.07, 6.45) is 5.34. The summed E-state index contributed by atoms with van der Waals surface area (Å²) in [5, 5.41) is 5.83.